The monoisotopic (exact) mass is 300 g/mol. The molecule has 1 aliphatic rings. The molecule has 2 nitrogen and oxygen atoms in total. The van der Waals surface area contributed by atoms with Crippen LogP contribution in [0, 0.1) is 6.92 Å². The van der Waals surface area contributed by atoms with E-state index in [9.17, 15) is 4.79 Å². The SMILES string of the molecule is Cc1ccc(C(=O)CCc2ccc3c(c2)CCO3)cc1Cl. The van der Waals surface area contributed by atoms with Crippen molar-refractivity contribution in [3.05, 3.63) is 63.7 Å². The Bertz CT molecular complexity index is 692. The molecule has 3 rings (SSSR count). The largest absolute Gasteiger partial charge is 0.493 e. The van der Waals surface area contributed by atoms with E-state index >= 15 is 0 Å². The fourth-order valence-corrected chi connectivity index (χ4v) is 2.74. The number of carbonyl (C=O) groups excluding carboxylic acids is 1. The lowest BCUT2D eigenvalue weighted by molar-refractivity contribution is 0.0983. The molecule has 0 saturated heterocycles. The predicted molar refractivity (Wildman–Crippen MR) is 84.5 cm³/mol. The minimum atomic E-state index is 0.133. The molecule has 0 amide bonds. The first-order valence-corrected chi connectivity index (χ1v) is 7.55. The molecule has 0 spiro atoms. The Hall–Kier alpha value is -1.80. The number of carbonyl (C=O) groups is 1. The average molecular weight is 301 g/mol. The van der Waals surface area contributed by atoms with Crippen LogP contribution in [-0.4, -0.2) is 12.4 Å². The molecule has 1 heterocycles. The normalized spacial score (nSPS) is 12.9. The Morgan fingerprint density at radius 2 is 2.10 bits per heavy atom. The van der Waals surface area contributed by atoms with Gasteiger partial charge < -0.3 is 4.74 Å². The first kappa shape index (κ1) is 14.2. The first-order chi connectivity index (χ1) is 10.1. The summed E-state index contributed by atoms with van der Waals surface area (Å²) in [4.78, 5) is 12.2. The molecule has 1 aliphatic heterocycles. The summed E-state index contributed by atoms with van der Waals surface area (Å²) in [6.45, 7) is 2.70. The first-order valence-electron chi connectivity index (χ1n) is 7.17. The Balaban J connectivity index is 1.67. The van der Waals surface area contributed by atoms with Crippen LogP contribution in [0.25, 0.3) is 0 Å². The highest BCUT2D eigenvalue weighted by Crippen LogP contribution is 2.26. The Morgan fingerprint density at radius 3 is 2.90 bits per heavy atom. The maximum atomic E-state index is 12.2. The van der Waals surface area contributed by atoms with E-state index in [2.05, 4.69) is 6.07 Å². The summed E-state index contributed by atoms with van der Waals surface area (Å²) in [5.41, 5.74) is 4.12. The molecule has 21 heavy (non-hydrogen) atoms. The molecule has 2 aromatic rings. The zero-order chi connectivity index (χ0) is 14.8. The minimum absolute atomic E-state index is 0.133. The second-order valence-corrected chi connectivity index (χ2v) is 5.83. The van der Waals surface area contributed by atoms with Crippen molar-refractivity contribution in [1.29, 1.82) is 0 Å². The number of hydrogen-bond donors (Lipinski definition) is 0. The van der Waals surface area contributed by atoms with Crippen LogP contribution in [-0.2, 0) is 12.8 Å². The summed E-state index contributed by atoms with van der Waals surface area (Å²) in [5, 5.41) is 0.649. The van der Waals surface area contributed by atoms with Gasteiger partial charge in [-0.05, 0) is 42.2 Å². The molecule has 0 aliphatic carbocycles. The van der Waals surface area contributed by atoms with Crippen LogP contribution in [0.5, 0.6) is 5.75 Å². The Morgan fingerprint density at radius 1 is 1.24 bits per heavy atom. The molecule has 3 heteroatoms. The summed E-state index contributed by atoms with van der Waals surface area (Å²) in [7, 11) is 0. The van der Waals surface area contributed by atoms with Gasteiger partial charge in [0.1, 0.15) is 5.75 Å². The van der Waals surface area contributed by atoms with Gasteiger partial charge >= 0.3 is 0 Å². The minimum Gasteiger partial charge on any atom is -0.493 e. The number of halogens is 1. The van der Waals surface area contributed by atoms with Crippen molar-refractivity contribution in [3.63, 3.8) is 0 Å². The lowest BCUT2D eigenvalue weighted by atomic mass is 10.00. The van der Waals surface area contributed by atoms with Gasteiger partial charge in [-0.25, -0.2) is 0 Å². The molecule has 0 N–H and O–H groups in total. The average Bonchev–Trinajstić information content (AvgIpc) is 2.95. The van der Waals surface area contributed by atoms with Gasteiger partial charge in [0.05, 0.1) is 6.61 Å². The molecule has 0 atom stereocenters. The maximum absolute atomic E-state index is 12.2. The summed E-state index contributed by atoms with van der Waals surface area (Å²) in [6, 6.07) is 11.7. The molecule has 0 radical (unpaired) electrons. The summed E-state index contributed by atoms with van der Waals surface area (Å²) in [5.74, 6) is 1.11. The van der Waals surface area contributed by atoms with Crippen LogP contribution in [0.15, 0.2) is 36.4 Å². The van der Waals surface area contributed by atoms with Crippen LogP contribution in [0.3, 0.4) is 0 Å². The van der Waals surface area contributed by atoms with E-state index in [1.165, 1.54) is 11.1 Å². The van der Waals surface area contributed by atoms with E-state index in [-0.39, 0.29) is 5.78 Å². The smallest absolute Gasteiger partial charge is 0.163 e. The van der Waals surface area contributed by atoms with Gasteiger partial charge in [0.15, 0.2) is 5.78 Å². The second kappa shape index (κ2) is 5.90. The van der Waals surface area contributed by atoms with Gasteiger partial charge in [-0.1, -0.05) is 35.9 Å². The van der Waals surface area contributed by atoms with Crippen molar-refractivity contribution in [2.24, 2.45) is 0 Å². The summed E-state index contributed by atoms with van der Waals surface area (Å²) >= 11 is 6.07. The number of hydrogen-bond acceptors (Lipinski definition) is 2. The number of aryl methyl sites for hydroxylation is 2. The fraction of sp³-hybridized carbons (Fsp3) is 0.278. The van der Waals surface area contributed by atoms with E-state index in [1.54, 1.807) is 6.07 Å². The van der Waals surface area contributed by atoms with Crippen LogP contribution in [0.1, 0.15) is 33.5 Å². The van der Waals surface area contributed by atoms with Gasteiger partial charge in [-0.2, -0.15) is 0 Å². The third-order valence-corrected chi connectivity index (χ3v) is 4.30. The van der Waals surface area contributed by atoms with Crippen LogP contribution in [0.4, 0.5) is 0 Å². The third-order valence-electron chi connectivity index (χ3n) is 3.89. The van der Waals surface area contributed by atoms with Crippen molar-refractivity contribution in [1.82, 2.24) is 0 Å². The summed E-state index contributed by atoms with van der Waals surface area (Å²) in [6.07, 6.45) is 2.21. The second-order valence-electron chi connectivity index (χ2n) is 5.43. The highest BCUT2D eigenvalue weighted by atomic mass is 35.5. The number of rotatable bonds is 4. The van der Waals surface area contributed by atoms with Gasteiger partial charge in [-0.3, -0.25) is 4.79 Å². The van der Waals surface area contributed by atoms with Crippen molar-refractivity contribution in [3.8, 4) is 5.75 Å². The maximum Gasteiger partial charge on any atom is 0.163 e. The Labute approximate surface area is 129 Å². The van der Waals surface area contributed by atoms with E-state index in [0.717, 1.165) is 30.8 Å². The molecule has 2 aromatic carbocycles. The zero-order valence-corrected chi connectivity index (χ0v) is 12.7. The van der Waals surface area contributed by atoms with E-state index in [1.807, 2.05) is 31.2 Å². The Kier molecular flexibility index (Phi) is 3.98. The molecule has 108 valence electrons. The van der Waals surface area contributed by atoms with Gasteiger partial charge in [0, 0.05) is 23.4 Å². The van der Waals surface area contributed by atoms with E-state index in [0.29, 0.717) is 17.0 Å². The quantitative estimate of drug-likeness (QED) is 0.782. The molecule has 0 fully saturated rings. The number of fused-ring (bicyclic) bond motifs is 1. The standard InChI is InChI=1S/C18H17ClO2/c1-12-2-5-14(11-16(12)19)17(20)6-3-13-4-7-18-15(10-13)8-9-21-18/h2,4-5,7,10-11H,3,6,8-9H2,1H3. The van der Waals surface area contributed by atoms with E-state index < -0.39 is 0 Å². The molecular formula is C18H17ClO2. The zero-order valence-electron chi connectivity index (χ0n) is 12.0. The summed E-state index contributed by atoms with van der Waals surface area (Å²) < 4.78 is 5.49. The number of ether oxygens (including phenoxy) is 1. The lowest BCUT2D eigenvalue weighted by Gasteiger charge is -2.05. The topological polar surface area (TPSA) is 26.3 Å². The van der Waals surface area contributed by atoms with Crippen LogP contribution >= 0.6 is 11.6 Å². The lowest BCUT2D eigenvalue weighted by Crippen LogP contribution is -2.01. The van der Waals surface area contributed by atoms with Crippen LogP contribution < -0.4 is 4.74 Å². The molecular weight excluding hydrogens is 284 g/mol. The van der Waals surface area contributed by atoms with Gasteiger partial charge in [-0.15, -0.1) is 0 Å². The highest BCUT2D eigenvalue weighted by Gasteiger charge is 2.13. The molecule has 0 bridgehead atoms. The van der Waals surface area contributed by atoms with Crippen molar-refractivity contribution in [2.45, 2.75) is 26.2 Å². The fourth-order valence-electron chi connectivity index (χ4n) is 2.56. The third kappa shape index (κ3) is 3.11. The number of ketones is 1. The molecule has 0 unspecified atom stereocenters. The molecule has 0 aromatic heterocycles. The van der Waals surface area contributed by atoms with Gasteiger partial charge in [0.25, 0.3) is 0 Å². The predicted octanol–water partition coefficient (Wildman–Crippen LogP) is 4.40. The van der Waals surface area contributed by atoms with Crippen LogP contribution in [0.2, 0.25) is 5.02 Å². The van der Waals surface area contributed by atoms with Crippen molar-refractivity contribution < 1.29 is 9.53 Å². The van der Waals surface area contributed by atoms with Crippen molar-refractivity contribution in [2.75, 3.05) is 6.61 Å². The number of benzene rings is 2. The highest BCUT2D eigenvalue weighted by molar-refractivity contribution is 6.31. The van der Waals surface area contributed by atoms with E-state index in [4.69, 9.17) is 16.3 Å². The number of Topliss-reactive ketones (excluding diaryl/α,β-unsaturated/α-hetero) is 1. The molecule has 0 saturated carbocycles. The van der Waals surface area contributed by atoms with Crippen molar-refractivity contribution >= 4 is 17.4 Å². The van der Waals surface area contributed by atoms with Gasteiger partial charge in [0.2, 0.25) is 0 Å².